The van der Waals surface area contributed by atoms with Crippen molar-refractivity contribution in [3.8, 4) is 0 Å². The number of carbonyl (C=O) groups excluding carboxylic acids is 1. The molecule has 0 aromatic rings. The van der Waals surface area contributed by atoms with Crippen molar-refractivity contribution in [2.24, 2.45) is 0 Å². The third kappa shape index (κ3) is 5.67. The predicted octanol–water partition coefficient (Wildman–Crippen LogP) is 2.13. The van der Waals surface area contributed by atoms with Gasteiger partial charge in [0.1, 0.15) is 5.60 Å². The molecule has 1 rings (SSSR count). The lowest BCUT2D eigenvalue weighted by atomic mass is 9.97. The molecular weight excluding hydrogens is 256 g/mol. The Kier molecular flexibility index (Phi) is 6.27. The van der Waals surface area contributed by atoms with Crippen molar-refractivity contribution in [2.75, 3.05) is 13.1 Å². The Balaban J connectivity index is 2.63. The highest BCUT2D eigenvalue weighted by molar-refractivity contribution is 5.68. The van der Waals surface area contributed by atoms with E-state index in [0.717, 1.165) is 25.8 Å². The minimum atomic E-state index is -0.463. The Morgan fingerprint density at radius 2 is 2.05 bits per heavy atom. The number of rotatable bonds is 4. The van der Waals surface area contributed by atoms with Gasteiger partial charge in [-0.15, -0.1) is 0 Å². The van der Waals surface area contributed by atoms with E-state index in [0.29, 0.717) is 6.54 Å². The van der Waals surface area contributed by atoms with Crippen molar-refractivity contribution in [3.05, 3.63) is 0 Å². The zero-order valence-corrected chi connectivity index (χ0v) is 13.5. The summed E-state index contributed by atoms with van der Waals surface area (Å²) in [5.74, 6) is 0. The second-order valence-corrected chi connectivity index (χ2v) is 6.78. The maximum atomic E-state index is 12.3. The number of amides is 1. The van der Waals surface area contributed by atoms with E-state index in [-0.39, 0.29) is 24.3 Å². The molecule has 1 fully saturated rings. The molecule has 0 bridgehead atoms. The lowest BCUT2D eigenvalue weighted by Crippen LogP contribution is -2.55. The van der Waals surface area contributed by atoms with E-state index in [9.17, 15) is 9.90 Å². The van der Waals surface area contributed by atoms with Crippen LogP contribution in [0.3, 0.4) is 0 Å². The highest BCUT2D eigenvalue weighted by Crippen LogP contribution is 2.22. The third-order valence-corrected chi connectivity index (χ3v) is 3.49. The van der Waals surface area contributed by atoms with Gasteiger partial charge in [0, 0.05) is 19.1 Å². The van der Waals surface area contributed by atoms with Crippen molar-refractivity contribution in [1.82, 2.24) is 10.2 Å². The van der Waals surface area contributed by atoms with Crippen molar-refractivity contribution < 1.29 is 14.6 Å². The summed E-state index contributed by atoms with van der Waals surface area (Å²) in [4.78, 5) is 14.1. The minimum absolute atomic E-state index is 0.136. The van der Waals surface area contributed by atoms with Crippen LogP contribution < -0.4 is 5.32 Å². The van der Waals surface area contributed by atoms with Crippen LogP contribution >= 0.6 is 0 Å². The van der Waals surface area contributed by atoms with Gasteiger partial charge < -0.3 is 20.1 Å². The smallest absolute Gasteiger partial charge is 0.410 e. The molecule has 0 saturated carbocycles. The van der Waals surface area contributed by atoms with Crippen LogP contribution in [-0.2, 0) is 4.74 Å². The van der Waals surface area contributed by atoms with Gasteiger partial charge in [-0.1, -0.05) is 0 Å². The molecule has 0 spiro atoms. The van der Waals surface area contributed by atoms with Gasteiger partial charge in [0.25, 0.3) is 0 Å². The predicted molar refractivity (Wildman–Crippen MR) is 79.7 cm³/mol. The maximum Gasteiger partial charge on any atom is 0.410 e. The Morgan fingerprint density at radius 1 is 1.40 bits per heavy atom. The summed E-state index contributed by atoms with van der Waals surface area (Å²) in [6.07, 6.45) is 2.53. The first kappa shape index (κ1) is 17.2. The molecule has 0 aromatic carbocycles. The molecule has 0 radical (unpaired) electrons. The number of nitrogens with one attached hydrogen (secondary N) is 1. The van der Waals surface area contributed by atoms with Crippen molar-refractivity contribution in [3.63, 3.8) is 0 Å². The van der Waals surface area contributed by atoms with E-state index in [4.69, 9.17) is 4.74 Å². The minimum Gasteiger partial charge on any atom is -0.444 e. The first-order chi connectivity index (χ1) is 9.20. The largest absolute Gasteiger partial charge is 0.444 e. The average molecular weight is 286 g/mol. The van der Waals surface area contributed by atoms with Crippen LogP contribution in [0, 0.1) is 0 Å². The molecule has 0 aromatic heterocycles. The molecule has 1 saturated heterocycles. The fraction of sp³-hybridized carbons (Fsp3) is 0.933. The second kappa shape index (κ2) is 7.27. The van der Waals surface area contributed by atoms with Gasteiger partial charge in [0.15, 0.2) is 0 Å². The zero-order valence-electron chi connectivity index (χ0n) is 13.5. The Morgan fingerprint density at radius 3 is 2.60 bits per heavy atom. The number of hydrogen-bond donors (Lipinski definition) is 2. The van der Waals surface area contributed by atoms with Gasteiger partial charge in [-0.05, 0) is 53.9 Å². The summed E-state index contributed by atoms with van der Waals surface area (Å²) in [7, 11) is 0. The maximum absolute atomic E-state index is 12.3. The monoisotopic (exact) mass is 286 g/mol. The van der Waals surface area contributed by atoms with Gasteiger partial charge in [-0.2, -0.15) is 0 Å². The lowest BCUT2D eigenvalue weighted by Gasteiger charge is -2.40. The molecule has 1 amide bonds. The van der Waals surface area contributed by atoms with Gasteiger partial charge >= 0.3 is 6.09 Å². The fourth-order valence-electron chi connectivity index (χ4n) is 2.52. The summed E-state index contributed by atoms with van der Waals surface area (Å²) < 4.78 is 5.49. The Labute approximate surface area is 122 Å². The fourth-order valence-corrected chi connectivity index (χ4v) is 2.52. The molecule has 20 heavy (non-hydrogen) atoms. The Hall–Kier alpha value is -0.810. The molecule has 0 aliphatic carbocycles. The first-order valence-electron chi connectivity index (χ1n) is 7.62. The van der Waals surface area contributed by atoms with Crippen LogP contribution in [0.4, 0.5) is 4.79 Å². The number of aliphatic hydroxyl groups excluding tert-OH is 1. The highest BCUT2D eigenvalue weighted by atomic mass is 16.6. The number of ether oxygens (including phenoxy) is 1. The van der Waals surface area contributed by atoms with Gasteiger partial charge in [-0.25, -0.2) is 4.79 Å². The van der Waals surface area contributed by atoms with Gasteiger partial charge in [-0.3, -0.25) is 0 Å². The molecule has 3 unspecified atom stereocenters. The standard InChI is InChI=1S/C15H30N2O3/c1-11(18)10-16-12(2)13-8-6-7-9-17(13)14(19)20-15(3,4)5/h11-13,16,18H,6-10H2,1-5H3. The van der Waals surface area contributed by atoms with Crippen molar-refractivity contribution in [1.29, 1.82) is 0 Å². The van der Waals surface area contributed by atoms with E-state index in [2.05, 4.69) is 12.2 Å². The summed E-state index contributed by atoms with van der Waals surface area (Å²) in [6.45, 7) is 10.8. The normalized spacial score (nSPS) is 23.3. The van der Waals surface area contributed by atoms with Crippen LogP contribution in [0.2, 0.25) is 0 Å². The van der Waals surface area contributed by atoms with Gasteiger partial charge in [0.05, 0.1) is 12.1 Å². The summed E-state index contributed by atoms with van der Waals surface area (Å²) in [5.41, 5.74) is -0.463. The van der Waals surface area contributed by atoms with Crippen LogP contribution in [0.25, 0.3) is 0 Å². The molecule has 3 atom stereocenters. The second-order valence-electron chi connectivity index (χ2n) is 6.78. The van der Waals surface area contributed by atoms with Crippen LogP contribution in [-0.4, -0.2) is 53.0 Å². The lowest BCUT2D eigenvalue weighted by molar-refractivity contribution is 0.00519. The van der Waals surface area contributed by atoms with E-state index in [1.54, 1.807) is 6.92 Å². The number of carbonyl (C=O) groups is 1. The van der Waals surface area contributed by atoms with Crippen molar-refractivity contribution in [2.45, 2.75) is 77.7 Å². The summed E-state index contributed by atoms with van der Waals surface area (Å²) in [6, 6.07) is 0.287. The summed E-state index contributed by atoms with van der Waals surface area (Å²) in [5, 5.41) is 12.7. The van der Waals surface area contributed by atoms with Crippen LogP contribution in [0.5, 0.6) is 0 Å². The van der Waals surface area contributed by atoms with E-state index < -0.39 is 5.60 Å². The van der Waals surface area contributed by atoms with Crippen LogP contribution in [0.1, 0.15) is 53.9 Å². The molecule has 1 aliphatic rings. The SMILES string of the molecule is CC(O)CNC(C)C1CCCCN1C(=O)OC(C)(C)C. The third-order valence-electron chi connectivity index (χ3n) is 3.49. The number of piperidine rings is 1. The van der Waals surface area contributed by atoms with E-state index >= 15 is 0 Å². The molecule has 1 heterocycles. The topological polar surface area (TPSA) is 61.8 Å². The highest BCUT2D eigenvalue weighted by Gasteiger charge is 2.33. The Bertz CT molecular complexity index is 313. The average Bonchev–Trinajstić information content (AvgIpc) is 2.33. The molecule has 2 N–H and O–H groups in total. The van der Waals surface area contributed by atoms with Gasteiger partial charge in [0.2, 0.25) is 0 Å². The van der Waals surface area contributed by atoms with E-state index in [1.807, 2.05) is 25.7 Å². The zero-order chi connectivity index (χ0) is 15.3. The van der Waals surface area contributed by atoms with Crippen LogP contribution in [0.15, 0.2) is 0 Å². The molecular formula is C15H30N2O3. The number of hydrogen-bond acceptors (Lipinski definition) is 4. The van der Waals surface area contributed by atoms with E-state index in [1.165, 1.54) is 0 Å². The molecule has 5 nitrogen and oxygen atoms in total. The number of nitrogens with zero attached hydrogens (tertiary/aromatic N) is 1. The van der Waals surface area contributed by atoms with Crippen molar-refractivity contribution >= 4 is 6.09 Å². The molecule has 118 valence electrons. The summed E-state index contributed by atoms with van der Waals surface area (Å²) >= 11 is 0. The number of likely N-dealkylation sites (tertiary alicyclic amines) is 1. The molecule has 1 aliphatic heterocycles. The first-order valence-corrected chi connectivity index (χ1v) is 7.62. The molecule has 5 heteroatoms. The number of aliphatic hydroxyl groups is 1. The quantitative estimate of drug-likeness (QED) is 0.831.